The van der Waals surface area contributed by atoms with Gasteiger partial charge in [0.1, 0.15) is 18.2 Å². The molecule has 7 nitrogen and oxygen atoms in total. The predicted molar refractivity (Wildman–Crippen MR) is 65.0 cm³/mol. The number of aryl methyl sites for hydroxylation is 1. The summed E-state index contributed by atoms with van der Waals surface area (Å²) in [6, 6.07) is -0.401. The standard InChI is InChI=1S/C11H19N5O2/c1-9(11(17)18)16-5-3-15(4-6-16)7-10-13-12-8-14(10)2/h8-9H,3-7H2,1-2H3,(H,17,18). The van der Waals surface area contributed by atoms with E-state index >= 15 is 0 Å². The van der Waals surface area contributed by atoms with Gasteiger partial charge < -0.3 is 9.67 Å². The predicted octanol–water partition coefficient (Wildman–Crippen LogP) is -0.594. The van der Waals surface area contributed by atoms with Crippen molar-refractivity contribution in [3.63, 3.8) is 0 Å². The summed E-state index contributed by atoms with van der Waals surface area (Å²) in [6.07, 6.45) is 1.69. The maximum atomic E-state index is 10.9. The Morgan fingerprint density at radius 3 is 2.61 bits per heavy atom. The van der Waals surface area contributed by atoms with Gasteiger partial charge in [-0.15, -0.1) is 10.2 Å². The summed E-state index contributed by atoms with van der Waals surface area (Å²) >= 11 is 0. The fourth-order valence-electron chi connectivity index (χ4n) is 2.12. The number of carboxylic acids is 1. The molecular weight excluding hydrogens is 234 g/mol. The number of hydrogen-bond donors (Lipinski definition) is 1. The van der Waals surface area contributed by atoms with Crippen molar-refractivity contribution < 1.29 is 9.90 Å². The van der Waals surface area contributed by atoms with E-state index in [0.29, 0.717) is 0 Å². The molecule has 1 aliphatic heterocycles. The lowest BCUT2D eigenvalue weighted by atomic mass is 10.2. The Hall–Kier alpha value is -1.47. The van der Waals surface area contributed by atoms with E-state index in [4.69, 9.17) is 5.11 Å². The summed E-state index contributed by atoms with van der Waals surface area (Å²) in [5.41, 5.74) is 0. The van der Waals surface area contributed by atoms with Crippen molar-refractivity contribution in [3.05, 3.63) is 12.2 Å². The molecule has 1 N–H and O–H groups in total. The number of aliphatic carboxylic acids is 1. The van der Waals surface area contributed by atoms with Crippen LogP contribution in [0.25, 0.3) is 0 Å². The molecule has 2 rings (SSSR count). The molecule has 0 saturated carbocycles. The molecule has 1 atom stereocenters. The van der Waals surface area contributed by atoms with Crippen LogP contribution in [0.15, 0.2) is 6.33 Å². The van der Waals surface area contributed by atoms with Crippen LogP contribution >= 0.6 is 0 Å². The molecule has 1 fully saturated rings. The number of hydrogen-bond acceptors (Lipinski definition) is 5. The number of rotatable bonds is 4. The molecule has 1 aromatic rings. The van der Waals surface area contributed by atoms with Gasteiger partial charge in [-0.05, 0) is 6.92 Å². The molecule has 1 saturated heterocycles. The Morgan fingerprint density at radius 2 is 2.11 bits per heavy atom. The van der Waals surface area contributed by atoms with Gasteiger partial charge in [-0.3, -0.25) is 14.6 Å². The molecule has 18 heavy (non-hydrogen) atoms. The molecule has 0 spiro atoms. The largest absolute Gasteiger partial charge is 0.480 e. The molecular formula is C11H19N5O2. The van der Waals surface area contributed by atoms with Crippen molar-refractivity contribution in [3.8, 4) is 0 Å². The maximum absolute atomic E-state index is 10.9. The SMILES string of the molecule is CC(C(=O)O)N1CCN(Cc2nncn2C)CC1. The molecule has 1 aromatic heterocycles. The fraction of sp³-hybridized carbons (Fsp3) is 0.727. The molecule has 1 unspecified atom stereocenters. The number of nitrogens with zero attached hydrogens (tertiary/aromatic N) is 5. The number of carbonyl (C=O) groups is 1. The van der Waals surface area contributed by atoms with E-state index in [1.54, 1.807) is 13.3 Å². The number of piperazine rings is 1. The second-order valence-corrected chi connectivity index (χ2v) is 4.68. The Bertz CT molecular complexity index is 411. The highest BCUT2D eigenvalue weighted by atomic mass is 16.4. The van der Waals surface area contributed by atoms with Gasteiger partial charge in [-0.25, -0.2) is 0 Å². The third-order valence-corrected chi connectivity index (χ3v) is 3.48. The fourth-order valence-corrected chi connectivity index (χ4v) is 2.12. The van der Waals surface area contributed by atoms with Gasteiger partial charge in [0.05, 0.1) is 6.54 Å². The van der Waals surface area contributed by atoms with E-state index in [1.807, 2.05) is 16.5 Å². The molecule has 0 radical (unpaired) electrons. The first-order valence-corrected chi connectivity index (χ1v) is 6.10. The van der Waals surface area contributed by atoms with Crippen molar-refractivity contribution in [2.45, 2.75) is 19.5 Å². The summed E-state index contributed by atoms with van der Waals surface area (Å²) in [7, 11) is 1.93. The van der Waals surface area contributed by atoms with Gasteiger partial charge >= 0.3 is 5.97 Å². The summed E-state index contributed by atoms with van der Waals surface area (Å²) < 4.78 is 1.91. The first kappa shape index (κ1) is 13.0. The van der Waals surface area contributed by atoms with Crippen molar-refractivity contribution >= 4 is 5.97 Å². The third kappa shape index (κ3) is 2.85. The van der Waals surface area contributed by atoms with Gasteiger partial charge in [-0.1, -0.05) is 0 Å². The van der Waals surface area contributed by atoms with E-state index in [-0.39, 0.29) is 0 Å². The Kier molecular flexibility index (Phi) is 3.93. The van der Waals surface area contributed by atoms with E-state index < -0.39 is 12.0 Å². The van der Waals surface area contributed by atoms with Crippen LogP contribution < -0.4 is 0 Å². The van der Waals surface area contributed by atoms with Crippen molar-refractivity contribution in [2.75, 3.05) is 26.2 Å². The zero-order valence-electron chi connectivity index (χ0n) is 10.8. The van der Waals surface area contributed by atoms with Crippen molar-refractivity contribution in [1.82, 2.24) is 24.6 Å². The maximum Gasteiger partial charge on any atom is 0.320 e. The van der Waals surface area contributed by atoms with Crippen LogP contribution in [0.3, 0.4) is 0 Å². The molecule has 0 amide bonds. The van der Waals surface area contributed by atoms with E-state index in [9.17, 15) is 4.79 Å². The van der Waals surface area contributed by atoms with E-state index in [2.05, 4.69) is 15.1 Å². The van der Waals surface area contributed by atoms with Crippen LogP contribution in [0.2, 0.25) is 0 Å². The average molecular weight is 253 g/mol. The van der Waals surface area contributed by atoms with Crippen LogP contribution in [-0.4, -0.2) is 67.9 Å². The monoisotopic (exact) mass is 253 g/mol. The lowest BCUT2D eigenvalue weighted by Crippen LogP contribution is -2.51. The zero-order valence-corrected chi connectivity index (χ0v) is 10.8. The summed E-state index contributed by atoms with van der Waals surface area (Å²) in [4.78, 5) is 15.2. The van der Waals surface area contributed by atoms with Gasteiger partial charge in [-0.2, -0.15) is 0 Å². The summed E-state index contributed by atoms with van der Waals surface area (Å²) in [5.74, 6) is 0.187. The lowest BCUT2D eigenvalue weighted by Gasteiger charge is -2.36. The molecule has 100 valence electrons. The first-order valence-electron chi connectivity index (χ1n) is 6.10. The van der Waals surface area contributed by atoms with Crippen LogP contribution in [0.4, 0.5) is 0 Å². The summed E-state index contributed by atoms with van der Waals surface area (Å²) in [5, 5.41) is 16.9. The highest BCUT2D eigenvalue weighted by Gasteiger charge is 2.25. The minimum Gasteiger partial charge on any atom is -0.480 e. The minimum absolute atomic E-state index is 0.401. The number of carboxylic acid groups (broad SMARTS) is 1. The Morgan fingerprint density at radius 1 is 1.44 bits per heavy atom. The van der Waals surface area contributed by atoms with E-state index in [1.165, 1.54) is 0 Å². The zero-order chi connectivity index (χ0) is 13.1. The van der Waals surface area contributed by atoms with Crippen molar-refractivity contribution in [2.24, 2.45) is 7.05 Å². The Balaban J connectivity index is 1.84. The smallest absolute Gasteiger partial charge is 0.320 e. The molecule has 0 aromatic carbocycles. The molecule has 2 heterocycles. The molecule has 0 aliphatic carbocycles. The quantitative estimate of drug-likeness (QED) is 0.773. The average Bonchev–Trinajstić information content (AvgIpc) is 2.75. The van der Waals surface area contributed by atoms with Crippen LogP contribution in [-0.2, 0) is 18.4 Å². The van der Waals surface area contributed by atoms with Gasteiger partial charge in [0.25, 0.3) is 0 Å². The van der Waals surface area contributed by atoms with Gasteiger partial charge in [0.15, 0.2) is 0 Å². The second-order valence-electron chi connectivity index (χ2n) is 4.68. The highest BCUT2D eigenvalue weighted by molar-refractivity contribution is 5.72. The van der Waals surface area contributed by atoms with Crippen LogP contribution in [0.1, 0.15) is 12.7 Å². The molecule has 0 bridgehead atoms. The van der Waals surface area contributed by atoms with Crippen LogP contribution in [0.5, 0.6) is 0 Å². The van der Waals surface area contributed by atoms with Gasteiger partial charge in [0.2, 0.25) is 0 Å². The molecule has 7 heteroatoms. The first-order chi connectivity index (χ1) is 8.58. The topological polar surface area (TPSA) is 74.5 Å². The second kappa shape index (κ2) is 5.45. The number of aromatic nitrogens is 3. The highest BCUT2D eigenvalue weighted by Crippen LogP contribution is 2.09. The van der Waals surface area contributed by atoms with E-state index in [0.717, 1.165) is 38.5 Å². The molecule has 1 aliphatic rings. The third-order valence-electron chi connectivity index (χ3n) is 3.48. The normalized spacial score (nSPS) is 19.9. The minimum atomic E-state index is -0.753. The van der Waals surface area contributed by atoms with Crippen LogP contribution in [0, 0.1) is 0 Å². The van der Waals surface area contributed by atoms with Gasteiger partial charge in [0, 0.05) is 33.2 Å². The Labute approximate surface area is 106 Å². The van der Waals surface area contributed by atoms with Crippen molar-refractivity contribution in [1.29, 1.82) is 0 Å². The summed E-state index contributed by atoms with van der Waals surface area (Å²) in [6.45, 7) is 5.80. The lowest BCUT2D eigenvalue weighted by molar-refractivity contribution is -0.143.